The molecule has 1 heterocycles. The highest BCUT2D eigenvalue weighted by molar-refractivity contribution is 14.1. The Morgan fingerprint density at radius 2 is 2.25 bits per heavy atom. The van der Waals surface area contributed by atoms with Crippen LogP contribution in [0.15, 0.2) is 4.79 Å². The molecule has 0 fully saturated rings. The molecule has 1 aromatic rings. The van der Waals surface area contributed by atoms with Gasteiger partial charge in [-0.25, -0.2) is 4.98 Å². The fraction of sp³-hybridized carbons (Fsp3) is 0.500. The van der Waals surface area contributed by atoms with Crippen LogP contribution in [0.5, 0.6) is 0 Å². The van der Waals surface area contributed by atoms with Gasteiger partial charge in [-0.1, -0.05) is 13.3 Å². The lowest BCUT2D eigenvalue weighted by molar-refractivity contribution is 0.838. The molecule has 1 rings (SSSR count). The molecule has 0 aliphatic heterocycles. The summed E-state index contributed by atoms with van der Waals surface area (Å²) in [6.07, 6.45) is 1.90. The largest absolute Gasteiger partial charge is 0.310 e. The number of halogens is 1. The first-order valence-electron chi connectivity index (χ1n) is 3.90. The predicted molar refractivity (Wildman–Crippen MR) is 56.3 cm³/mol. The van der Waals surface area contributed by atoms with Crippen molar-refractivity contribution in [2.24, 2.45) is 0 Å². The van der Waals surface area contributed by atoms with Crippen LogP contribution in [0.2, 0.25) is 0 Å². The highest BCUT2D eigenvalue weighted by Crippen LogP contribution is 2.06. The Kier molecular flexibility index (Phi) is 3.25. The summed E-state index contributed by atoms with van der Waals surface area (Å²) in [6, 6.07) is 0. The lowest BCUT2D eigenvalue weighted by atomic mass is 10.2. The molecule has 0 aliphatic carbocycles. The smallest absolute Gasteiger partial charge is 0.264 e. The minimum absolute atomic E-state index is 0.0217. The predicted octanol–water partition coefficient (Wildman–Crippen LogP) is 1.64. The Morgan fingerprint density at radius 1 is 1.58 bits per heavy atom. The van der Waals surface area contributed by atoms with E-state index in [-0.39, 0.29) is 5.56 Å². The first-order chi connectivity index (χ1) is 5.65. The molecule has 0 amide bonds. The second-order valence-electron chi connectivity index (χ2n) is 2.66. The van der Waals surface area contributed by atoms with Gasteiger partial charge in [0.05, 0.1) is 9.26 Å². The lowest BCUT2D eigenvalue weighted by Gasteiger charge is -2.01. The summed E-state index contributed by atoms with van der Waals surface area (Å²) >= 11 is 2.04. The van der Waals surface area contributed by atoms with Crippen molar-refractivity contribution in [2.45, 2.75) is 26.7 Å². The zero-order valence-corrected chi connectivity index (χ0v) is 9.31. The van der Waals surface area contributed by atoms with Gasteiger partial charge < -0.3 is 4.98 Å². The van der Waals surface area contributed by atoms with Crippen molar-refractivity contribution in [3.8, 4) is 0 Å². The van der Waals surface area contributed by atoms with E-state index in [4.69, 9.17) is 0 Å². The van der Waals surface area contributed by atoms with Crippen molar-refractivity contribution < 1.29 is 0 Å². The Morgan fingerprint density at radius 3 is 2.83 bits per heavy atom. The highest BCUT2D eigenvalue weighted by Gasteiger charge is 2.04. The van der Waals surface area contributed by atoms with Gasteiger partial charge in [0.2, 0.25) is 0 Å². The van der Waals surface area contributed by atoms with Crippen molar-refractivity contribution >= 4 is 22.6 Å². The average Bonchev–Trinajstić information content (AvgIpc) is 2.00. The van der Waals surface area contributed by atoms with E-state index in [1.165, 1.54) is 0 Å². The first-order valence-corrected chi connectivity index (χ1v) is 4.98. The van der Waals surface area contributed by atoms with Gasteiger partial charge in [0, 0.05) is 0 Å². The summed E-state index contributed by atoms with van der Waals surface area (Å²) in [5.41, 5.74) is 0.894. The topological polar surface area (TPSA) is 45.8 Å². The molecule has 0 bridgehead atoms. The second-order valence-corrected chi connectivity index (χ2v) is 3.74. The van der Waals surface area contributed by atoms with Crippen LogP contribution in [0.3, 0.4) is 0 Å². The molecule has 3 nitrogen and oxygen atoms in total. The third-order valence-electron chi connectivity index (χ3n) is 1.54. The SMILES string of the molecule is CCCc1nc(C)[nH]c(=O)c1I. The summed E-state index contributed by atoms with van der Waals surface area (Å²) in [4.78, 5) is 18.2. The fourth-order valence-corrected chi connectivity index (χ4v) is 1.56. The van der Waals surface area contributed by atoms with Crippen molar-refractivity contribution in [3.05, 3.63) is 25.4 Å². The van der Waals surface area contributed by atoms with E-state index in [0.717, 1.165) is 22.1 Å². The zero-order chi connectivity index (χ0) is 9.14. The van der Waals surface area contributed by atoms with Crippen LogP contribution in [0.25, 0.3) is 0 Å². The number of hydrogen-bond donors (Lipinski definition) is 1. The van der Waals surface area contributed by atoms with Gasteiger partial charge in [0.1, 0.15) is 5.82 Å². The van der Waals surface area contributed by atoms with E-state index < -0.39 is 0 Å². The molecule has 1 N–H and O–H groups in total. The lowest BCUT2D eigenvalue weighted by Crippen LogP contribution is -2.16. The van der Waals surface area contributed by atoms with Crippen molar-refractivity contribution in [3.63, 3.8) is 0 Å². The number of aryl methyl sites for hydroxylation is 2. The molecule has 0 atom stereocenters. The summed E-state index contributed by atoms with van der Waals surface area (Å²) in [5, 5.41) is 0. The molecule has 0 aliphatic rings. The first kappa shape index (κ1) is 9.70. The molecule has 0 radical (unpaired) electrons. The standard InChI is InChI=1S/C8H11IN2O/c1-3-4-6-7(9)8(12)11-5(2)10-6/h3-4H2,1-2H3,(H,10,11,12). The minimum atomic E-state index is -0.0217. The Labute approximate surface area is 84.8 Å². The minimum Gasteiger partial charge on any atom is -0.310 e. The van der Waals surface area contributed by atoms with E-state index in [1.54, 1.807) is 6.92 Å². The van der Waals surface area contributed by atoms with Crippen molar-refractivity contribution in [1.29, 1.82) is 0 Å². The maximum absolute atomic E-state index is 11.2. The van der Waals surface area contributed by atoms with Crippen LogP contribution in [0.4, 0.5) is 0 Å². The van der Waals surface area contributed by atoms with Crippen LogP contribution in [-0.4, -0.2) is 9.97 Å². The number of rotatable bonds is 2. The fourth-order valence-electron chi connectivity index (χ4n) is 1.03. The van der Waals surface area contributed by atoms with Crippen LogP contribution in [0.1, 0.15) is 24.9 Å². The summed E-state index contributed by atoms with van der Waals surface area (Å²) in [6.45, 7) is 3.88. The molecule has 66 valence electrons. The van der Waals surface area contributed by atoms with E-state index in [0.29, 0.717) is 5.82 Å². The Bertz CT molecular complexity index is 332. The van der Waals surface area contributed by atoms with Crippen molar-refractivity contribution in [2.75, 3.05) is 0 Å². The van der Waals surface area contributed by atoms with Crippen LogP contribution in [-0.2, 0) is 6.42 Å². The van der Waals surface area contributed by atoms with Gasteiger partial charge >= 0.3 is 0 Å². The van der Waals surface area contributed by atoms with Crippen LogP contribution in [0, 0.1) is 10.5 Å². The number of aromatic amines is 1. The molecular weight excluding hydrogens is 267 g/mol. The van der Waals surface area contributed by atoms with Gasteiger partial charge in [0.25, 0.3) is 5.56 Å². The molecule has 0 unspecified atom stereocenters. The van der Waals surface area contributed by atoms with E-state index >= 15 is 0 Å². The molecule has 12 heavy (non-hydrogen) atoms. The van der Waals surface area contributed by atoms with E-state index in [9.17, 15) is 4.79 Å². The van der Waals surface area contributed by atoms with Gasteiger partial charge in [-0.3, -0.25) is 4.79 Å². The van der Waals surface area contributed by atoms with Crippen LogP contribution < -0.4 is 5.56 Å². The molecule has 0 saturated heterocycles. The molecule has 1 aromatic heterocycles. The molecule has 4 heteroatoms. The molecule has 0 aromatic carbocycles. The number of nitrogens with zero attached hydrogens (tertiary/aromatic N) is 1. The van der Waals surface area contributed by atoms with Crippen molar-refractivity contribution in [1.82, 2.24) is 9.97 Å². The Balaban J connectivity index is 3.18. The monoisotopic (exact) mass is 278 g/mol. The normalized spacial score (nSPS) is 10.2. The molecular formula is C8H11IN2O. The van der Waals surface area contributed by atoms with E-state index in [1.807, 2.05) is 22.6 Å². The number of aromatic nitrogens is 2. The number of hydrogen-bond acceptors (Lipinski definition) is 2. The highest BCUT2D eigenvalue weighted by atomic mass is 127. The summed E-state index contributed by atoms with van der Waals surface area (Å²) < 4.78 is 0.722. The third-order valence-corrected chi connectivity index (χ3v) is 2.65. The zero-order valence-electron chi connectivity index (χ0n) is 7.15. The number of nitrogens with one attached hydrogen (secondary N) is 1. The van der Waals surface area contributed by atoms with Gasteiger partial charge in [0.15, 0.2) is 0 Å². The Hall–Kier alpha value is -0.390. The quantitative estimate of drug-likeness (QED) is 0.836. The third kappa shape index (κ3) is 2.06. The second kappa shape index (κ2) is 4.02. The maximum Gasteiger partial charge on any atom is 0.264 e. The van der Waals surface area contributed by atoms with Gasteiger partial charge in [-0.2, -0.15) is 0 Å². The average molecular weight is 278 g/mol. The molecule has 0 spiro atoms. The van der Waals surface area contributed by atoms with Crippen LogP contribution >= 0.6 is 22.6 Å². The summed E-state index contributed by atoms with van der Waals surface area (Å²) in [5.74, 6) is 0.698. The van der Waals surface area contributed by atoms with Gasteiger partial charge in [-0.15, -0.1) is 0 Å². The molecule has 0 saturated carbocycles. The van der Waals surface area contributed by atoms with Gasteiger partial charge in [-0.05, 0) is 35.9 Å². The number of H-pyrrole nitrogens is 1. The maximum atomic E-state index is 11.2. The summed E-state index contributed by atoms with van der Waals surface area (Å²) in [7, 11) is 0. The van der Waals surface area contributed by atoms with E-state index in [2.05, 4.69) is 16.9 Å².